The zero-order valence-electron chi connectivity index (χ0n) is 10.5. The topological polar surface area (TPSA) is 54.0 Å². The van der Waals surface area contributed by atoms with E-state index in [9.17, 15) is 9.18 Å². The number of pyridine rings is 1. The summed E-state index contributed by atoms with van der Waals surface area (Å²) in [5.74, 6) is -0.762. The third-order valence-corrected chi connectivity index (χ3v) is 3.33. The van der Waals surface area contributed by atoms with E-state index < -0.39 is 5.82 Å². The van der Waals surface area contributed by atoms with Crippen molar-refractivity contribution >= 4 is 5.91 Å². The Kier molecular flexibility index (Phi) is 3.91. The lowest BCUT2D eigenvalue weighted by Gasteiger charge is -2.34. The smallest absolute Gasteiger partial charge is 0.252 e. The molecule has 5 heteroatoms. The summed E-state index contributed by atoms with van der Waals surface area (Å²) >= 11 is 0. The van der Waals surface area contributed by atoms with Gasteiger partial charge in [0.2, 0.25) is 0 Å². The molecule has 1 aliphatic heterocycles. The SMILES string of the molecule is CC1(CNC(=O)c2cncc(F)c2)CCCNC1. The Morgan fingerprint density at radius 2 is 2.44 bits per heavy atom. The molecule has 1 fully saturated rings. The van der Waals surface area contributed by atoms with Crippen LogP contribution >= 0.6 is 0 Å². The number of nitrogens with zero attached hydrogens (tertiary/aromatic N) is 1. The van der Waals surface area contributed by atoms with Crippen LogP contribution in [0.25, 0.3) is 0 Å². The lowest BCUT2D eigenvalue weighted by atomic mass is 9.83. The van der Waals surface area contributed by atoms with E-state index >= 15 is 0 Å². The number of hydrogen-bond donors (Lipinski definition) is 2. The highest BCUT2D eigenvalue weighted by molar-refractivity contribution is 5.93. The van der Waals surface area contributed by atoms with Crippen LogP contribution in [0.2, 0.25) is 0 Å². The van der Waals surface area contributed by atoms with Gasteiger partial charge in [0.1, 0.15) is 5.82 Å². The van der Waals surface area contributed by atoms with E-state index in [4.69, 9.17) is 0 Å². The number of hydrogen-bond acceptors (Lipinski definition) is 3. The van der Waals surface area contributed by atoms with E-state index in [2.05, 4.69) is 22.5 Å². The first-order valence-corrected chi connectivity index (χ1v) is 6.19. The normalized spacial score (nSPS) is 23.7. The molecule has 1 amide bonds. The fourth-order valence-electron chi connectivity index (χ4n) is 2.20. The first-order chi connectivity index (χ1) is 8.59. The van der Waals surface area contributed by atoms with E-state index in [1.165, 1.54) is 12.3 Å². The Labute approximate surface area is 106 Å². The number of rotatable bonds is 3. The molecule has 1 saturated heterocycles. The Balaban J connectivity index is 1.92. The summed E-state index contributed by atoms with van der Waals surface area (Å²) in [6.07, 6.45) is 4.67. The molecule has 1 aromatic heterocycles. The van der Waals surface area contributed by atoms with E-state index in [0.29, 0.717) is 6.54 Å². The maximum Gasteiger partial charge on any atom is 0.252 e. The standard InChI is InChI=1S/C13H18FN3O/c1-13(3-2-4-15-8-13)9-17-12(18)10-5-11(14)7-16-6-10/h5-7,15H,2-4,8-9H2,1H3,(H,17,18). The Morgan fingerprint density at radius 3 is 3.11 bits per heavy atom. The number of carbonyl (C=O) groups excluding carboxylic acids is 1. The lowest BCUT2D eigenvalue weighted by Crippen LogP contribution is -2.45. The van der Waals surface area contributed by atoms with Crippen LogP contribution in [0, 0.1) is 11.2 Å². The molecule has 0 aromatic carbocycles. The molecule has 18 heavy (non-hydrogen) atoms. The van der Waals surface area contributed by atoms with E-state index in [1.807, 2.05) is 0 Å². The van der Waals surface area contributed by atoms with Crippen LogP contribution in [0.15, 0.2) is 18.5 Å². The fraction of sp³-hybridized carbons (Fsp3) is 0.538. The van der Waals surface area contributed by atoms with Gasteiger partial charge in [0, 0.05) is 19.3 Å². The summed E-state index contributed by atoms with van der Waals surface area (Å²) in [5, 5.41) is 6.18. The van der Waals surface area contributed by atoms with Crippen LogP contribution in [0.4, 0.5) is 4.39 Å². The molecule has 2 heterocycles. The highest BCUT2D eigenvalue weighted by atomic mass is 19.1. The van der Waals surface area contributed by atoms with E-state index in [1.54, 1.807) is 0 Å². The molecule has 0 bridgehead atoms. The summed E-state index contributed by atoms with van der Waals surface area (Å²) in [5.41, 5.74) is 0.344. The second-order valence-corrected chi connectivity index (χ2v) is 5.17. The van der Waals surface area contributed by atoms with Crippen molar-refractivity contribution in [2.75, 3.05) is 19.6 Å². The molecule has 1 atom stereocenters. The van der Waals surface area contributed by atoms with Crippen LogP contribution in [-0.4, -0.2) is 30.5 Å². The molecule has 1 aliphatic rings. The molecule has 4 nitrogen and oxygen atoms in total. The van der Waals surface area contributed by atoms with Gasteiger partial charge >= 0.3 is 0 Å². The number of carbonyl (C=O) groups is 1. The summed E-state index contributed by atoms with van der Waals surface area (Å²) in [4.78, 5) is 15.5. The Bertz CT molecular complexity index is 430. The molecule has 0 spiro atoms. The summed E-state index contributed by atoms with van der Waals surface area (Å²) in [6.45, 7) is 4.67. The van der Waals surface area contributed by atoms with Gasteiger partial charge in [0.15, 0.2) is 0 Å². The Hall–Kier alpha value is -1.49. The first kappa shape index (κ1) is 13.0. The van der Waals surface area contributed by atoms with Gasteiger partial charge in [-0.15, -0.1) is 0 Å². The van der Waals surface area contributed by atoms with Crippen LogP contribution in [0.1, 0.15) is 30.1 Å². The molecule has 0 saturated carbocycles. The molecule has 0 radical (unpaired) electrons. The third kappa shape index (κ3) is 3.26. The van der Waals surface area contributed by atoms with Gasteiger partial charge in [-0.05, 0) is 30.9 Å². The van der Waals surface area contributed by atoms with Gasteiger partial charge in [-0.2, -0.15) is 0 Å². The molecule has 2 N–H and O–H groups in total. The minimum Gasteiger partial charge on any atom is -0.351 e. The van der Waals surface area contributed by atoms with Crippen molar-refractivity contribution in [3.05, 3.63) is 29.8 Å². The van der Waals surface area contributed by atoms with Gasteiger partial charge in [0.05, 0.1) is 11.8 Å². The molecule has 1 unspecified atom stereocenters. The van der Waals surface area contributed by atoms with Crippen LogP contribution in [0.3, 0.4) is 0 Å². The average molecular weight is 251 g/mol. The highest BCUT2D eigenvalue weighted by Gasteiger charge is 2.27. The van der Waals surface area contributed by atoms with Gasteiger partial charge in [0.25, 0.3) is 5.91 Å². The summed E-state index contributed by atoms with van der Waals surface area (Å²) < 4.78 is 12.9. The van der Waals surface area contributed by atoms with Crippen LogP contribution in [0.5, 0.6) is 0 Å². The second kappa shape index (κ2) is 5.44. The predicted octanol–water partition coefficient (Wildman–Crippen LogP) is 1.34. The predicted molar refractivity (Wildman–Crippen MR) is 66.7 cm³/mol. The van der Waals surface area contributed by atoms with Gasteiger partial charge in [-0.3, -0.25) is 9.78 Å². The van der Waals surface area contributed by atoms with Gasteiger partial charge in [-0.25, -0.2) is 4.39 Å². The van der Waals surface area contributed by atoms with Crippen molar-refractivity contribution in [2.45, 2.75) is 19.8 Å². The minimum absolute atomic E-state index is 0.0780. The van der Waals surface area contributed by atoms with Crippen molar-refractivity contribution < 1.29 is 9.18 Å². The number of halogens is 1. The first-order valence-electron chi connectivity index (χ1n) is 6.19. The average Bonchev–Trinajstić information content (AvgIpc) is 2.37. The van der Waals surface area contributed by atoms with Crippen molar-refractivity contribution in [2.24, 2.45) is 5.41 Å². The number of nitrogens with one attached hydrogen (secondary N) is 2. The molecular formula is C13H18FN3O. The van der Waals surface area contributed by atoms with Gasteiger partial charge < -0.3 is 10.6 Å². The van der Waals surface area contributed by atoms with Crippen LogP contribution in [-0.2, 0) is 0 Å². The van der Waals surface area contributed by atoms with E-state index in [0.717, 1.165) is 32.1 Å². The monoisotopic (exact) mass is 251 g/mol. The maximum atomic E-state index is 12.9. The largest absolute Gasteiger partial charge is 0.351 e. The van der Waals surface area contributed by atoms with Crippen LogP contribution < -0.4 is 10.6 Å². The zero-order chi connectivity index (χ0) is 13.0. The van der Waals surface area contributed by atoms with Crippen molar-refractivity contribution in [1.29, 1.82) is 0 Å². The molecule has 2 rings (SSSR count). The van der Waals surface area contributed by atoms with Crippen molar-refractivity contribution in [1.82, 2.24) is 15.6 Å². The molecular weight excluding hydrogens is 233 g/mol. The summed E-state index contributed by atoms with van der Waals surface area (Å²) in [7, 11) is 0. The number of piperidine rings is 1. The van der Waals surface area contributed by atoms with E-state index in [-0.39, 0.29) is 16.9 Å². The van der Waals surface area contributed by atoms with Crippen molar-refractivity contribution in [3.63, 3.8) is 0 Å². The maximum absolute atomic E-state index is 12.9. The number of aromatic nitrogens is 1. The van der Waals surface area contributed by atoms with Crippen molar-refractivity contribution in [3.8, 4) is 0 Å². The second-order valence-electron chi connectivity index (χ2n) is 5.17. The summed E-state index contributed by atoms with van der Waals surface area (Å²) in [6, 6.07) is 1.20. The third-order valence-electron chi connectivity index (χ3n) is 3.33. The molecule has 0 aliphatic carbocycles. The zero-order valence-corrected chi connectivity index (χ0v) is 10.5. The fourth-order valence-corrected chi connectivity index (χ4v) is 2.20. The Morgan fingerprint density at radius 1 is 1.61 bits per heavy atom. The molecule has 1 aromatic rings. The highest BCUT2D eigenvalue weighted by Crippen LogP contribution is 2.24. The molecule has 98 valence electrons. The number of amides is 1. The minimum atomic E-state index is -0.492. The van der Waals surface area contributed by atoms with Gasteiger partial charge in [-0.1, -0.05) is 6.92 Å². The lowest BCUT2D eigenvalue weighted by molar-refractivity contribution is 0.0924. The quantitative estimate of drug-likeness (QED) is 0.852.